The average molecular weight is 213 g/mol. The highest BCUT2D eigenvalue weighted by atomic mass is 32.2. The molecule has 0 aliphatic rings. The zero-order chi connectivity index (χ0) is 10.6. The van der Waals surface area contributed by atoms with Crippen LogP contribution in [0.5, 0.6) is 0 Å². The first-order valence-corrected chi connectivity index (χ1v) is 5.71. The number of hydrogen-bond donors (Lipinski definition) is 1. The Morgan fingerprint density at radius 3 is 2.36 bits per heavy atom. The van der Waals surface area contributed by atoms with Crippen LogP contribution in [0, 0.1) is 0 Å². The van der Waals surface area contributed by atoms with Crippen molar-refractivity contribution < 1.29 is 4.39 Å². The molecule has 0 aliphatic carbocycles. The summed E-state index contributed by atoms with van der Waals surface area (Å²) in [5.41, 5.74) is 4.60. The predicted octanol–water partition coefficient (Wildman–Crippen LogP) is 2.94. The van der Waals surface area contributed by atoms with E-state index >= 15 is 0 Å². The van der Waals surface area contributed by atoms with Gasteiger partial charge in [-0.2, -0.15) is 0 Å². The number of halogens is 1. The van der Waals surface area contributed by atoms with Gasteiger partial charge in [-0.15, -0.1) is 11.8 Å². The Kier molecular flexibility index (Phi) is 3.96. The molecule has 1 rings (SSSR count). The van der Waals surface area contributed by atoms with Crippen LogP contribution in [0.1, 0.15) is 19.4 Å². The lowest BCUT2D eigenvalue weighted by Gasteiger charge is -2.18. The van der Waals surface area contributed by atoms with Crippen LogP contribution in [-0.4, -0.2) is 12.3 Å². The van der Waals surface area contributed by atoms with Gasteiger partial charge in [0.05, 0.1) is 0 Å². The molecule has 1 unspecified atom stereocenters. The fourth-order valence-corrected chi connectivity index (χ4v) is 1.85. The van der Waals surface area contributed by atoms with E-state index in [2.05, 4.69) is 6.92 Å². The summed E-state index contributed by atoms with van der Waals surface area (Å²) in [4.78, 5) is 1.17. The fourth-order valence-electron chi connectivity index (χ4n) is 1.18. The maximum absolute atomic E-state index is 13.7. The van der Waals surface area contributed by atoms with Crippen LogP contribution in [-0.2, 0) is 5.67 Å². The van der Waals surface area contributed by atoms with E-state index in [0.29, 0.717) is 5.56 Å². The molecule has 78 valence electrons. The summed E-state index contributed by atoms with van der Waals surface area (Å²) in [6.45, 7) is 3.62. The van der Waals surface area contributed by atoms with Crippen molar-refractivity contribution in [2.24, 2.45) is 5.73 Å². The van der Waals surface area contributed by atoms with Crippen LogP contribution in [0.2, 0.25) is 0 Å². The van der Waals surface area contributed by atoms with Crippen LogP contribution in [0.4, 0.5) is 4.39 Å². The molecule has 0 radical (unpaired) electrons. The van der Waals surface area contributed by atoms with Crippen molar-refractivity contribution in [1.82, 2.24) is 0 Å². The molecule has 14 heavy (non-hydrogen) atoms. The second-order valence-corrected chi connectivity index (χ2v) is 4.70. The van der Waals surface area contributed by atoms with Crippen molar-refractivity contribution >= 4 is 11.8 Å². The van der Waals surface area contributed by atoms with E-state index in [0.717, 1.165) is 5.75 Å². The fraction of sp³-hybridized carbons (Fsp3) is 0.455. The second-order valence-electron chi connectivity index (χ2n) is 3.36. The van der Waals surface area contributed by atoms with E-state index in [1.807, 2.05) is 24.3 Å². The first-order valence-electron chi connectivity index (χ1n) is 4.72. The lowest BCUT2D eigenvalue weighted by molar-refractivity contribution is 0.203. The van der Waals surface area contributed by atoms with Crippen molar-refractivity contribution in [3.8, 4) is 0 Å². The standard InChI is InChI=1S/C11H16FNS/c1-3-14-10-6-4-9(5-7-10)11(2,12)8-13/h4-7H,3,8,13H2,1-2H3. The van der Waals surface area contributed by atoms with Crippen molar-refractivity contribution in [1.29, 1.82) is 0 Å². The summed E-state index contributed by atoms with van der Waals surface area (Å²) in [6, 6.07) is 7.50. The van der Waals surface area contributed by atoms with Crippen molar-refractivity contribution in [3.05, 3.63) is 29.8 Å². The topological polar surface area (TPSA) is 26.0 Å². The van der Waals surface area contributed by atoms with E-state index in [9.17, 15) is 4.39 Å². The Morgan fingerprint density at radius 1 is 1.36 bits per heavy atom. The van der Waals surface area contributed by atoms with Crippen molar-refractivity contribution in [2.45, 2.75) is 24.4 Å². The number of rotatable bonds is 4. The molecule has 2 N–H and O–H groups in total. The Hall–Kier alpha value is -0.540. The Morgan fingerprint density at radius 2 is 1.93 bits per heavy atom. The monoisotopic (exact) mass is 213 g/mol. The number of alkyl halides is 1. The highest BCUT2D eigenvalue weighted by Crippen LogP contribution is 2.26. The van der Waals surface area contributed by atoms with Crippen LogP contribution in [0.3, 0.4) is 0 Å². The van der Waals surface area contributed by atoms with Gasteiger partial charge >= 0.3 is 0 Å². The minimum absolute atomic E-state index is 0.0211. The molecule has 0 spiro atoms. The quantitative estimate of drug-likeness (QED) is 0.778. The summed E-state index contributed by atoms with van der Waals surface area (Å²) in [6.07, 6.45) is 0. The van der Waals surface area contributed by atoms with Gasteiger partial charge in [-0.25, -0.2) is 4.39 Å². The molecule has 0 fully saturated rings. The first-order chi connectivity index (χ1) is 6.60. The molecule has 0 bridgehead atoms. The van der Waals surface area contributed by atoms with Crippen molar-refractivity contribution in [2.75, 3.05) is 12.3 Å². The van der Waals surface area contributed by atoms with Crippen LogP contribution in [0.15, 0.2) is 29.2 Å². The van der Waals surface area contributed by atoms with Gasteiger partial charge in [0.1, 0.15) is 5.67 Å². The third-order valence-corrected chi connectivity index (χ3v) is 3.04. The van der Waals surface area contributed by atoms with Gasteiger partial charge in [0, 0.05) is 11.4 Å². The predicted molar refractivity (Wildman–Crippen MR) is 60.4 cm³/mol. The summed E-state index contributed by atoms with van der Waals surface area (Å²) < 4.78 is 13.7. The van der Waals surface area contributed by atoms with E-state index < -0.39 is 5.67 Å². The molecule has 1 aromatic carbocycles. The molecule has 0 saturated heterocycles. The van der Waals surface area contributed by atoms with Crippen LogP contribution in [0.25, 0.3) is 0 Å². The molecule has 1 atom stereocenters. The van der Waals surface area contributed by atoms with E-state index in [4.69, 9.17) is 5.73 Å². The average Bonchev–Trinajstić information content (AvgIpc) is 2.19. The highest BCUT2D eigenvalue weighted by molar-refractivity contribution is 7.99. The summed E-state index contributed by atoms with van der Waals surface area (Å²) in [7, 11) is 0. The van der Waals surface area contributed by atoms with Gasteiger partial charge in [0.25, 0.3) is 0 Å². The molecular weight excluding hydrogens is 197 g/mol. The zero-order valence-corrected chi connectivity index (χ0v) is 9.40. The minimum Gasteiger partial charge on any atom is -0.327 e. The molecule has 0 amide bonds. The second kappa shape index (κ2) is 4.80. The van der Waals surface area contributed by atoms with Crippen LogP contribution >= 0.6 is 11.8 Å². The van der Waals surface area contributed by atoms with Crippen LogP contribution < -0.4 is 5.73 Å². The molecular formula is C11H16FNS. The van der Waals surface area contributed by atoms with Gasteiger partial charge in [-0.05, 0) is 30.4 Å². The third kappa shape index (κ3) is 2.72. The number of benzene rings is 1. The molecule has 0 heterocycles. The molecule has 0 aromatic heterocycles. The van der Waals surface area contributed by atoms with E-state index in [-0.39, 0.29) is 6.54 Å². The third-order valence-electron chi connectivity index (χ3n) is 2.15. The molecule has 1 aromatic rings. The lowest BCUT2D eigenvalue weighted by atomic mass is 9.98. The Balaban J connectivity index is 2.82. The van der Waals surface area contributed by atoms with Gasteiger partial charge < -0.3 is 5.73 Å². The molecule has 1 nitrogen and oxygen atoms in total. The van der Waals surface area contributed by atoms with Gasteiger partial charge in [-0.1, -0.05) is 19.1 Å². The SMILES string of the molecule is CCSc1ccc(C(C)(F)CN)cc1. The lowest BCUT2D eigenvalue weighted by Crippen LogP contribution is -2.26. The molecule has 0 aliphatic heterocycles. The molecule has 3 heteroatoms. The van der Waals surface area contributed by atoms with Gasteiger partial charge in [0.2, 0.25) is 0 Å². The maximum Gasteiger partial charge on any atom is 0.145 e. The minimum atomic E-state index is -1.41. The van der Waals surface area contributed by atoms with E-state index in [1.54, 1.807) is 11.8 Å². The normalized spacial score (nSPS) is 15.1. The largest absolute Gasteiger partial charge is 0.327 e. The Bertz CT molecular complexity index is 282. The first kappa shape index (κ1) is 11.5. The number of nitrogens with two attached hydrogens (primary N) is 1. The number of hydrogen-bond acceptors (Lipinski definition) is 2. The highest BCUT2D eigenvalue weighted by Gasteiger charge is 2.23. The number of thioether (sulfide) groups is 1. The van der Waals surface area contributed by atoms with Gasteiger partial charge in [-0.3, -0.25) is 0 Å². The summed E-state index contributed by atoms with van der Waals surface area (Å²) in [5, 5.41) is 0. The maximum atomic E-state index is 13.7. The van der Waals surface area contributed by atoms with Gasteiger partial charge in [0.15, 0.2) is 0 Å². The van der Waals surface area contributed by atoms with Crippen molar-refractivity contribution in [3.63, 3.8) is 0 Å². The summed E-state index contributed by atoms with van der Waals surface area (Å²) in [5.74, 6) is 1.03. The smallest absolute Gasteiger partial charge is 0.145 e. The zero-order valence-electron chi connectivity index (χ0n) is 8.59. The molecule has 0 saturated carbocycles. The Labute approximate surface area is 88.9 Å². The summed E-state index contributed by atoms with van der Waals surface area (Å²) >= 11 is 1.75. The van der Waals surface area contributed by atoms with E-state index in [1.165, 1.54) is 11.8 Å².